The number of nitrogens with zero attached hydrogens (tertiary/aromatic N) is 2. The van der Waals surface area contributed by atoms with Gasteiger partial charge < -0.3 is 10.0 Å². The van der Waals surface area contributed by atoms with Crippen LogP contribution in [0.2, 0.25) is 0 Å². The van der Waals surface area contributed by atoms with Crippen LogP contribution in [0.5, 0.6) is 0 Å². The van der Waals surface area contributed by atoms with Gasteiger partial charge in [-0.25, -0.2) is 9.18 Å². The van der Waals surface area contributed by atoms with Gasteiger partial charge in [0.15, 0.2) is 0 Å². The number of amides is 1. The van der Waals surface area contributed by atoms with Crippen LogP contribution in [0, 0.1) is 12.7 Å². The normalized spacial score (nSPS) is 10.4. The third kappa shape index (κ3) is 3.25. The molecule has 1 heterocycles. The molecule has 0 saturated carbocycles. The minimum absolute atomic E-state index is 0.0370. The summed E-state index contributed by atoms with van der Waals surface area (Å²) in [5, 5.41) is 9.47. The van der Waals surface area contributed by atoms with Gasteiger partial charge in [0.05, 0.1) is 12.1 Å². The summed E-state index contributed by atoms with van der Waals surface area (Å²) in [6, 6.07) is 5.61. The third-order valence-electron chi connectivity index (χ3n) is 3.01. The maximum absolute atomic E-state index is 12.8. The lowest BCUT2D eigenvalue weighted by Crippen LogP contribution is -2.28. The number of carbonyl (C=O) groups is 2. The second-order valence-corrected chi connectivity index (χ2v) is 5.26. The van der Waals surface area contributed by atoms with Crippen molar-refractivity contribution in [3.05, 3.63) is 46.9 Å². The zero-order valence-corrected chi connectivity index (χ0v) is 12.3. The lowest BCUT2D eigenvalue weighted by atomic mass is 10.1. The molecule has 7 heteroatoms. The van der Waals surface area contributed by atoms with Gasteiger partial charge in [-0.3, -0.25) is 4.79 Å². The van der Waals surface area contributed by atoms with Crippen molar-refractivity contribution in [2.24, 2.45) is 0 Å². The molecular formula is C14H13FN2O3S. The van der Waals surface area contributed by atoms with Crippen LogP contribution in [0.15, 0.2) is 24.3 Å². The Hall–Kier alpha value is -2.28. The number of likely N-dealkylation sites (N-methyl/N-ethyl adjacent to an activating group) is 1. The largest absolute Gasteiger partial charge is 0.478 e. The summed E-state index contributed by atoms with van der Waals surface area (Å²) in [6.45, 7) is 1.59. The van der Waals surface area contributed by atoms with Crippen molar-refractivity contribution in [2.75, 3.05) is 11.9 Å². The average molecular weight is 308 g/mol. The minimum atomic E-state index is -1.11. The van der Waals surface area contributed by atoms with Gasteiger partial charge in [0, 0.05) is 7.05 Å². The number of aromatic carboxylic acids is 1. The van der Waals surface area contributed by atoms with E-state index in [4.69, 9.17) is 0 Å². The van der Waals surface area contributed by atoms with Crippen LogP contribution in [0.4, 0.5) is 9.39 Å². The first kappa shape index (κ1) is 15.1. The molecule has 0 saturated heterocycles. The van der Waals surface area contributed by atoms with Crippen molar-refractivity contribution in [3.8, 4) is 0 Å². The highest BCUT2D eigenvalue weighted by Crippen LogP contribution is 2.28. The van der Waals surface area contributed by atoms with E-state index in [1.165, 1.54) is 36.2 Å². The lowest BCUT2D eigenvalue weighted by molar-refractivity contribution is -0.117. The van der Waals surface area contributed by atoms with E-state index < -0.39 is 5.97 Å². The number of aromatic nitrogens is 1. The molecule has 0 bridgehead atoms. The molecule has 21 heavy (non-hydrogen) atoms. The molecule has 0 spiro atoms. The fraction of sp³-hybridized carbons (Fsp3) is 0.214. The van der Waals surface area contributed by atoms with E-state index in [2.05, 4.69) is 4.37 Å². The molecule has 0 aliphatic rings. The molecule has 0 aliphatic carbocycles. The van der Waals surface area contributed by atoms with Crippen molar-refractivity contribution in [2.45, 2.75) is 13.3 Å². The van der Waals surface area contributed by atoms with Crippen LogP contribution < -0.4 is 4.90 Å². The topological polar surface area (TPSA) is 70.5 Å². The number of carbonyl (C=O) groups excluding carboxylic acids is 1. The highest BCUT2D eigenvalue weighted by atomic mass is 32.1. The number of benzene rings is 1. The summed E-state index contributed by atoms with van der Waals surface area (Å²) in [7, 11) is 1.51. The highest BCUT2D eigenvalue weighted by Gasteiger charge is 2.23. The van der Waals surface area contributed by atoms with E-state index in [1.807, 2.05) is 0 Å². The second kappa shape index (κ2) is 6.01. The minimum Gasteiger partial charge on any atom is -0.478 e. The van der Waals surface area contributed by atoms with E-state index in [9.17, 15) is 19.1 Å². The number of rotatable bonds is 4. The van der Waals surface area contributed by atoms with Gasteiger partial charge in [0.1, 0.15) is 16.4 Å². The van der Waals surface area contributed by atoms with E-state index >= 15 is 0 Å². The van der Waals surface area contributed by atoms with Crippen molar-refractivity contribution in [3.63, 3.8) is 0 Å². The highest BCUT2D eigenvalue weighted by molar-refractivity contribution is 7.11. The molecule has 5 nitrogen and oxygen atoms in total. The smallest absolute Gasteiger partial charge is 0.340 e. The first-order valence-corrected chi connectivity index (χ1v) is 6.88. The SMILES string of the molecule is Cc1nsc(N(C)C(=O)Cc2ccc(F)cc2)c1C(=O)O. The summed E-state index contributed by atoms with van der Waals surface area (Å²) in [6.07, 6.45) is 0.0623. The fourth-order valence-electron chi connectivity index (χ4n) is 1.84. The Labute approximate surface area is 124 Å². The van der Waals surface area contributed by atoms with Gasteiger partial charge in [0.25, 0.3) is 0 Å². The van der Waals surface area contributed by atoms with Gasteiger partial charge in [-0.2, -0.15) is 4.37 Å². The van der Waals surface area contributed by atoms with Gasteiger partial charge in [-0.05, 0) is 36.2 Å². The molecule has 0 unspecified atom stereocenters. The Morgan fingerprint density at radius 2 is 1.95 bits per heavy atom. The summed E-state index contributed by atoms with van der Waals surface area (Å²) in [5.41, 5.74) is 1.07. The average Bonchev–Trinajstić information content (AvgIpc) is 2.82. The van der Waals surface area contributed by atoms with Crippen LogP contribution in [0.1, 0.15) is 21.6 Å². The number of anilines is 1. The predicted octanol–water partition coefficient (Wildman–Crippen LogP) is 2.49. The van der Waals surface area contributed by atoms with Crippen LogP contribution in [0.3, 0.4) is 0 Å². The lowest BCUT2D eigenvalue weighted by Gasteiger charge is -2.15. The Kier molecular flexibility index (Phi) is 4.32. The number of carboxylic acid groups (broad SMARTS) is 1. The molecule has 0 atom stereocenters. The fourth-order valence-corrected chi connectivity index (χ4v) is 2.71. The molecule has 0 radical (unpaired) electrons. The van der Waals surface area contributed by atoms with Crippen LogP contribution in [-0.4, -0.2) is 28.4 Å². The zero-order chi connectivity index (χ0) is 15.6. The van der Waals surface area contributed by atoms with E-state index in [1.54, 1.807) is 6.92 Å². The molecular weight excluding hydrogens is 295 g/mol. The van der Waals surface area contributed by atoms with Crippen LogP contribution in [0.25, 0.3) is 0 Å². The monoisotopic (exact) mass is 308 g/mol. The zero-order valence-electron chi connectivity index (χ0n) is 11.5. The Morgan fingerprint density at radius 1 is 1.33 bits per heavy atom. The van der Waals surface area contributed by atoms with E-state index in [0.717, 1.165) is 11.5 Å². The van der Waals surface area contributed by atoms with Gasteiger partial charge in [-0.1, -0.05) is 12.1 Å². The predicted molar refractivity (Wildman–Crippen MR) is 77.3 cm³/mol. The first-order chi connectivity index (χ1) is 9.90. The van der Waals surface area contributed by atoms with Crippen molar-refractivity contribution in [1.29, 1.82) is 0 Å². The van der Waals surface area contributed by atoms with E-state index in [-0.39, 0.29) is 23.7 Å². The number of aryl methyl sites for hydroxylation is 1. The van der Waals surface area contributed by atoms with Crippen molar-refractivity contribution in [1.82, 2.24) is 4.37 Å². The number of carboxylic acids is 1. The van der Waals surface area contributed by atoms with Crippen LogP contribution >= 0.6 is 11.5 Å². The Bertz CT molecular complexity index is 682. The maximum Gasteiger partial charge on any atom is 0.340 e. The van der Waals surface area contributed by atoms with Crippen LogP contribution in [-0.2, 0) is 11.2 Å². The molecule has 110 valence electrons. The molecule has 1 amide bonds. The quantitative estimate of drug-likeness (QED) is 0.942. The number of halogens is 1. The molecule has 1 N–H and O–H groups in total. The molecule has 0 aliphatic heterocycles. The van der Waals surface area contributed by atoms with Gasteiger partial charge >= 0.3 is 5.97 Å². The van der Waals surface area contributed by atoms with Crippen molar-refractivity contribution >= 4 is 28.4 Å². The summed E-state index contributed by atoms with van der Waals surface area (Å²) >= 11 is 0.968. The number of hydrogen-bond acceptors (Lipinski definition) is 4. The molecule has 0 fully saturated rings. The Morgan fingerprint density at radius 3 is 2.52 bits per heavy atom. The summed E-state index contributed by atoms with van der Waals surface area (Å²) < 4.78 is 16.8. The molecule has 2 rings (SSSR count). The second-order valence-electron chi connectivity index (χ2n) is 4.51. The van der Waals surface area contributed by atoms with E-state index in [0.29, 0.717) is 16.3 Å². The number of hydrogen-bond donors (Lipinski definition) is 1. The first-order valence-electron chi connectivity index (χ1n) is 6.10. The van der Waals surface area contributed by atoms with Gasteiger partial charge in [-0.15, -0.1) is 0 Å². The van der Waals surface area contributed by atoms with Gasteiger partial charge in [0.2, 0.25) is 5.91 Å². The molecule has 2 aromatic rings. The molecule has 1 aromatic carbocycles. The third-order valence-corrected chi connectivity index (χ3v) is 4.02. The summed E-state index contributed by atoms with van der Waals surface area (Å²) in [5.74, 6) is -1.77. The molecule has 1 aromatic heterocycles. The Balaban J connectivity index is 2.20. The maximum atomic E-state index is 12.8. The standard InChI is InChI=1S/C14H13FN2O3S/c1-8-12(14(19)20)13(21-16-8)17(2)11(18)7-9-3-5-10(15)6-4-9/h3-6H,7H2,1-2H3,(H,19,20). The van der Waals surface area contributed by atoms with Crippen molar-refractivity contribution < 1.29 is 19.1 Å². The summed E-state index contributed by atoms with van der Waals surface area (Å²) in [4.78, 5) is 24.7.